The monoisotopic (exact) mass is 212 g/mol. The maximum Gasteiger partial charge on any atom is 0.00669 e. The third-order valence-electron chi connectivity index (χ3n) is 3.60. The first kappa shape index (κ1) is 13.0. The van der Waals surface area contributed by atoms with Crippen LogP contribution >= 0.6 is 0 Å². The van der Waals surface area contributed by atoms with Crippen LogP contribution in [-0.2, 0) is 0 Å². The van der Waals surface area contributed by atoms with Gasteiger partial charge in [-0.1, -0.05) is 26.7 Å². The van der Waals surface area contributed by atoms with Crippen molar-refractivity contribution < 1.29 is 0 Å². The van der Waals surface area contributed by atoms with E-state index >= 15 is 0 Å². The SMILES string of the molecule is CC(C)CCCC(C)N1CCC(N)CC1. The van der Waals surface area contributed by atoms with Crippen LogP contribution in [0.4, 0.5) is 0 Å². The van der Waals surface area contributed by atoms with Crippen molar-refractivity contribution in [2.24, 2.45) is 11.7 Å². The molecule has 1 rings (SSSR count). The summed E-state index contributed by atoms with van der Waals surface area (Å²) in [6, 6.07) is 1.22. The van der Waals surface area contributed by atoms with E-state index in [1.54, 1.807) is 0 Å². The lowest BCUT2D eigenvalue weighted by Gasteiger charge is -2.35. The standard InChI is InChI=1S/C13H28N2/c1-11(2)5-4-6-12(3)15-9-7-13(14)8-10-15/h11-13H,4-10,14H2,1-3H3. The lowest BCUT2D eigenvalue weighted by atomic mass is 10.00. The van der Waals surface area contributed by atoms with Gasteiger partial charge in [-0.2, -0.15) is 0 Å². The highest BCUT2D eigenvalue weighted by Gasteiger charge is 2.19. The lowest BCUT2D eigenvalue weighted by Crippen LogP contribution is -2.43. The molecule has 1 aliphatic heterocycles. The Morgan fingerprint density at radius 3 is 2.27 bits per heavy atom. The van der Waals surface area contributed by atoms with Crippen molar-refractivity contribution in [2.75, 3.05) is 13.1 Å². The summed E-state index contributed by atoms with van der Waals surface area (Å²) in [5.41, 5.74) is 5.91. The van der Waals surface area contributed by atoms with Crippen molar-refractivity contribution in [3.63, 3.8) is 0 Å². The number of likely N-dealkylation sites (tertiary alicyclic amines) is 1. The average Bonchev–Trinajstić information content (AvgIpc) is 2.18. The summed E-state index contributed by atoms with van der Waals surface area (Å²) in [6.45, 7) is 9.42. The Morgan fingerprint density at radius 2 is 1.73 bits per heavy atom. The second kappa shape index (κ2) is 6.49. The van der Waals surface area contributed by atoms with Gasteiger partial charge in [-0.05, 0) is 45.2 Å². The van der Waals surface area contributed by atoms with Crippen LogP contribution in [0.1, 0.15) is 52.9 Å². The van der Waals surface area contributed by atoms with Crippen LogP contribution in [-0.4, -0.2) is 30.1 Å². The van der Waals surface area contributed by atoms with Gasteiger partial charge in [-0.3, -0.25) is 0 Å². The summed E-state index contributed by atoms with van der Waals surface area (Å²) in [5, 5.41) is 0. The van der Waals surface area contributed by atoms with E-state index in [2.05, 4.69) is 25.7 Å². The van der Waals surface area contributed by atoms with Crippen LogP contribution in [0.25, 0.3) is 0 Å². The summed E-state index contributed by atoms with van der Waals surface area (Å²) < 4.78 is 0. The molecule has 15 heavy (non-hydrogen) atoms. The molecular weight excluding hydrogens is 184 g/mol. The minimum atomic E-state index is 0.462. The van der Waals surface area contributed by atoms with Crippen LogP contribution in [0, 0.1) is 5.92 Å². The van der Waals surface area contributed by atoms with Crippen LogP contribution in [0.3, 0.4) is 0 Å². The van der Waals surface area contributed by atoms with Gasteiger partial charge in [0.25, 0.3) is 0 Å². The molecule has 0 aromatic heterocycles. The molecule has 0 radical (unpaired) electrons. The van der Waals surface area contributed by atoms with Crippen LogP contribution in [0.5, 0.6) is 0 Å². The number of nitrogens with two attached hydrogens (primary N) is 1. The molecule has 2 heteroatoms. The zero-order valence-electron chi connectivity index (χ0n) is 10.7. The molecule has 0 bridgehead atoms. The van der Waals surface area contributed by atoms with Crippen LogP contribution in [0.2, 0.25) is 0 Å². The Balaban J connectivity index is 2.13. The molecule has 1 aliphatic rings. The van der Waals surface area contributed by atoms with E-state index in [4.69, 9.17) is 5.73 Å². The molecule has 1 heterocycles. The van der Waals surface area contributed by atoms with E-state index in [0.717, 1.165) is 12.0 Å². The first-order valence-corrected chi connectivity index (χ1v) is 6.59. The van der Waals surface area contributed by atoms with Crippen molar-refractivity contribution in [1.29, 1.82) is 0 Å². The molecule has 0 amide bonds. The van der Waals surface area contributed by atoms with Crippen molar-refractivity contribution in [3.05, 3.63) is 0 Å². The third-order valence-corrected chi connectivity index (χ3v) is 3.60. The second-order valence-corrected chi connectivity index (χ2v) is 5.55. The Kier molecular flexibility index (Phi) is 5.62. The van der Waals surface area contributed by atoms with Gasteiger partial charge in [0, 0.05) is 12.1 Å². The smallest absolute Gasteiger partial charge is 0.00669 e. The summed E-state index contributed by atoms with van der Waals surface area (Å²) in [7, 11) is 0. The van der Waals surface area contributed by atoms with E-state index in [1.165, 1.54) is 45.2 Å². The molecule has 0 spiro atoms. The Bertz CT molecular complexity index is 160. The van der Waals surface area contributed by atoms with Crippen molar-refractivity contribution in [2.45, 2.75) is 65.0 Å². The molecule has 0 aliphatic carbocycles. The number of rotatable bonds is 5. The predicted molar refractivity (Wildman–Crippen MR) is 66.9 cm³/mol. The molecule has 1 atom stereocenters. The fraction of sp³-hybridized carbons (Fsp3) is 1.00. The topological polar surface area (TPSA) is 29.3 Å². The Morgan fingerprint density at radius 1 is 1.13 bits per heavy atom. The largest absolute Gasteiger partial charge is 0.328 e. The van der Waals surface area contributed by atoms with Crippen LogP contribution in [0.15, 0.2) is 0 Å². The van der Waals surface area contributed by atoms with Gasteiger partial charge < -0.3 is 10.6 Å². The molecule has 1 unspecified atom stereocenters. The number of hydrogen-bond donors (Lipinski definition) is 1. The summed E-state index contributed by atoms with van der Waals surface area (Å²) in [4.78, 5) is 2.61. The quantitative estimate of drug-likeness (QED) is 0.759. The van der Waals surface area contributed by atoms with Crippen LogP contribution < -0.4 is 5.73 Å². The summed E-state index contributed by atoms with van der Waals surface area (Å²) >= 11 is 0. The molecule has 0 aromatic carbocycles. The third kappa shape index (κ3) is 4.98. The second-order valence-electron chi connectivity index (χ2n) is 5.55. The minimum Gasteiger partial charge on any atom is -0.328 e. The van der Waals surface area contributed by atoms with E-state index in [-0.39, 0.29) is 0 Å². The summed E-state index contributed by atoms with van der Waals surface area (Å²) in [6.07, 6.45) is 6.48. The van der Waals surface area contributed by atoms with Gasteiger partial charge in [-0.25, -0.2) is 0 Å². The van der Waals surface area contributed by atoms with Gasteiger partial charge in [-0.15, -0.1) is 0 Å². The first-order valence-electron chi connectivity index (χ1n) is 6.59. The normalized spacial score (nSPS) is 22.2. The number of nitrogens with zero attached hydrogens (tertiary/aromatic N) is 1. The van der Waals surface area contributed by atoms with Gasteiger partial charge in [0.05, 0.1) is 0 Å². The molecule has 90 valence electrons. The predicted octanol–water partition coefficient (Wildman–Crippen LogP) is 2.62. The Labute approximate surface area is 95.2 Å². The molecule has 0 aromatic rings. The van der Waals surface area contributed by atoms with E-state index in [1.807, 2.05) is 0 Å². The maximum atomic E-state index is 5.91. The average molecular weight is 212 g/mol. The highest BCUT2D eigenvalue weighted by atomic mass is 15.2. The van der Waals surface area contributed by atoms with E-state index < -0.39 is 0 Å². The molecule has 2 N–H and O–H groups in total. The molecular formula is C13H28N2. The lowest BCUT2D eigenvalue weighted by molar-refractivity contribution is 0.153. The van der Waals surface area contributed by atoms with Gasteiger partial charge >= 0.3 is 0 Å². The Hall–Kier alpha value is -0.0800. The molecule has 1 saturated heterocycles. The van der Waals surface area contributed by atoms with E-state index in [9.17, 15) is 0 Å². The fourth-order valence-corrected chi connectivity index (χ4v) is 2.36. The van der Waals surface area contributed by atoms with E-state index in [0.29, 0.717) is 6.04 Å². The molecule has 1 fully saturated rings. The fourth-order valence-electron chi connectivity index (χ4n) is 2.36. The summed E-state index contributed by atoms with van der Waals surface area (Å²) in [5.74, 6) is 0.854. The molecule has 0 saturated carbocycles. The molecule has 2 nitrogen and oxygen atoms in total. The van der Waals surface area contributed by atoms with Crippen molar-refractivity contribution in [3.8, 4) is 0 Å². The van der Waals surface area contributed by atoms with Crippen molar-refractivity contribution in [1.82, 2.24) is 4.90 Å². The van der Waals surface area contributed by atoms with Gasteiger partial charge in [0.1, 0.15) is 0 Å². The zero-order valence-corrected chi connectivity index (χ0v) is 10.7. The number of piperidine rings is 1. The van der Waals surface area contributed by atoms with Crippen molar-refractivity contribution >= 4 is 0 Å². The first-order chi connectivity index (χ1) is 7.09. The number of hydrogen-bond acceptors (Lipinski definition) is 2. The zero-order chi connectivity index (χ0) is 11.3. The highest BCUT2D eigenvalue weighted by Crippen LogP contribution is 2.16. The van der Waals surface area contributed by atoms with Gasteiger partial charge in [0.2, 0.25) is 0 Å². The minimum absolute atomic E-state index is 0.462. The van der Waals surface area contributed by atoms with Gasteiger partial charge in [0.15, 0.2) is 0 Å². The highest BCUT2D eigenvalue weighted by molar-refractivity contribution is 4.77. The maximum absolute atomic E-state index is 5.91.